The van der Waals surface area contributed by atoms with Crippen molar-refractivity contribution in [2.24, 2.45) is 5.92 Å². The van der Waals surface area contributed by atoms with Gasteiger partial charge in [-0.1, -0.05) is 11.6 Å². The van der Waals surface area contributed by atoms with Gasteiger partial charge in [-0.3, -0.25) is 4.79 Å². The molecule has 0 spiro atoms. The lowest BCUT2D eigenvalue weighted by Crippen LogP contribution is -2.34. The molecule has 1 aromatic carbocycles. The summed E-state index contributed by atoms with van der Waals surface area (Å²) in [5.74, 6) is 1.62. The van der Waals surface area contributed by atoms with Gasteiger partial charge in [-0.2, -0.15) is 0 Å². The largest absolute Gasteiger partial charge is 0.457 e. The standard InChI is InChI=1S/C17H19ClN4O2/c18-14-9-12(1-2-15(14)19)24-13-5-8-21-16(10-13)22-17(23)11-3-6-20-7-4-11/h1-2,5,8-11,20H,3-4,6-7,19H2,(H,21,22,23). The van der Waals surface area contributed by atoms with Crippen LogP contribution in [0, 0.1) is 5.92 Å². The first-order valence-corrected chi connectivity index (χ1v) is 8.20. The summed E-state index contributed by atoms with van der Waals surface area (Å²) >= 11 is 5.99. The minimum atomic E-state index is -0.00307. The number of halogens is 1. The van der Waals surface area contributed by atoms with E-state index < -0.39 is 0 Å². The lowest BCUT2D eigenvalue weighted by Gasteiger charge is -2.21. The molecule has 1 amide bonds. The van der Waals surface area contributed by atoms with Crippen molar-refractivity contribution in [1.29, 1.82) is 0 Å². The fourth-order valence-corrected chi connectivity index (χ4v) is 2.73. The zero-order chi connectivity index (χ0) is 16.9. The number of carbonyl (C=O) groups is 1. The molecule has 2 heterocycles. The number of anilines is 2. The summed E-state index contributed by atoms with van der Waals surface area (Å²) in [5, 5.41) is 6.53. The van der Waals surface area contributed by atoms with Crippen LogP contribution in [0.1, 0.15) is 12.8 Å². The Bertz CT molecular complexity index is 732. The van der Waals surface area contributed by atoms with Crippen molar-refractivity contribution in [3.63, 3.8) is 0 Å². The average molecular weight is 347 g/mol. The molecular formula is C17H19ClN4O2. The van der Waals surface area contributed by atoms with Gasteiger partial charge < -0.3 is 21.1 Å². The highest BCUT2D eigenvalue weighted by atomic mass is 35.5. The second kappa shape index (κ2) is 7.51. The van der Waals surface area contributed by atoms with Crippen LogP contribution in [0.2, 0.25) is 5.02 Å². The molecule has 0 radical (unpaired) electrons. The molecule has 0 unspecified atom stereocenters. The maximum atomic E-state index is 12.3. The smallest absolute Gasteiger partial charge is 0.228 e. The van der Waals surface area contributed by atoms with Gasteiger partial charge >= 0.3 is 0 Å². The molecule has 1 saturated heterocycles. The first kappa shape index (κ1) is 16.5. The molecular weight excluding hydrogens is 328 g/mol. The zero-order valence-corrected chi connectivity index (χ0v) is 13.8. The van der Waals surface area contributed by atoms with Gasteiger partial charge in [0.25, 0.3) is 0 Å². The van der Waals surface area contributed by atoms with Crippen LogP contribution in [0.4, 0.5) is 11.5 Å². The minimum Gasteiger partial charge on any atom is -0.457 e. The molecule has 1 aliphatic rings. The number of aromatic nitrogens is 1. The Hall–Kier alpha value is -2.31. The number of carbonyl (C=O) groups excluding carboxylic acids is 1. The van der Waals surface area contributed by atoms with Crippen LogP contribution in [-0.4, -0.2) is 24.0 Å². The van der Waals surface area contributed by atoms with Crippen molar-refractivity contribution in [3.05, 3.63) is 41.6 Å². The van der Waals surface area contributed by atoms with Gasteiger partial charge in [0.1, 0.15) is 17.3 Å². The van der Waals surface area contributed by atoms with E-state index in [1.165, 1.54) is 0 Å². The number of hydrogen-bond acceptors (Lipinski definition) is 5. The summed E-state index contributed by atoms with van der Waals surface area (Å²) < 4.78 is 5.74. The Morgan fingerprint density at radius 2 is 2.00 bits per heavy atom. The predicted octanol–water partition coefficient (Wildman–Crippen LogP) is 3.05. The fraction of sp³-hybridized carbons (Fsp3) is 0.294. The van der Waals surface area contributed by atoms with Gasteiger partial charge in [0.2, 0.25) is 5.91 Å². The number of hydrogen-bond donors (Lipinski definition) is 3. The lowest BCUT2D eigenvalue weighted by molar-refractivity contribution is -0.120. The van der Waals surface area contributed by atoms with Gasteiger partial charge in [0.15, 0.2) is 0 Å². The SMILES string of the molecule is Nc1ccc(Oc2ccnc(NC(=O)C3CCNCC3)c2)cc1Cl. The molecule has 0 atom stereocenters. The van der Waals surface area contributed by atoms with Crippen molar-refractivity contribution < 1.29 is 9.53 Å². The fourth-order valence-electron chi connectivity index (χ4n) is 2.56. The van der Waals surface area contributed by atoms with Gasteiger partial charge in [-0.15, -0.1) is 0 Å². The molecule has 2 aromatic rings. The average Bonchev–Trinajstić information content (AvgIpc) is 2.59. The van der Waals surface area contributed by atoms with Crippen LogP contribution < -0.4 is 21.1 Å². The number of amides is 1. The monoisotopic (exact) mass is 346 g/mol. The molecule has 1 aromatic heterocycles. The second-order valence-corrected chi connectivity index (χ2v) is 6.08. The van der Waals surface area contributed by atoms with E-state index in [0.717, 1.165) is 25.9 Å². The summed E-state index contributed by atoms with van der Waals surface area (Å²) in [7, 11) is 0. The quantitative estimate of drug-likeness (QED) is 0.740. The van der Waals surface area contributed by atoms with Crippen molar-refractivity contribution in [2.75, 3.05) is 24.1 Å². The highest BCUT2D eigenvalue weighted by Crippen LogP contribution is 2.28. The number of rotatable bonds is 4. The highest BCUT2D eigenvalue weighted by molar-refractivity contribution is 6.33. The van der Waals surface area contributed by atoms with E-state index in [1.54, 1.807) is 36.5 Å². The first-order valence-electron chi connectivity index (χ1n) is 7.82. The normalized spacial score (nSPS) is 15.0. The molecule has 4 N–H and O–H groups in total. The van der Waals surface area contributed by atoms with Gasteiger partial charge in [0.05, 0.1) is 10.7 Å². The molecule has 24 heavy (non-hydrogen) atoms. The van der Waals surface area contributed by atoms with Crippen LogP contribution in [0.25, 0.3) is 0 Å². The Labute approximate surface area is 145 Å². The maximum Gasteiger partial charge on any atom is 0.228 e. The van der Waals surface area contributed by atoms with Crippen LogP contribution in [0.5, 0.6) is 11.5 Å². The number of benzene rings is 1. The molecule has 0 aliphatic carbocycles. The lowest BCUT2D eigenvalue weighted by atomic mass is 9.97. The van der Waals surface area contributed by atoms with Crippen molar-refractivity contribution in [2.45, 2.75) is 12.8 Å². The third-order valence-electron chi connectivity index (χ3n) is 3.90. The molecule has 7 heteroatoms. The summed E-state index contributed by atoms with van der Waals surface area (Å²) in [6.45, 7) is 1.74. The van der Waals surface area contributed by atoms with Gasteiger partial charge in [-0.05, 0) is 44.1 Å². The van der Waals surface area contributed by atoms with E-state index in [9.17, 15) is 4.79 Å². The zero-order valence-electron chi connectivity index (χ0n) is 13.1. The van der Waals surface area contributed by atoms with Crippen LogP contribution in [0.15, 0.2) is 36.5 Å². The number of nitrogens with two attached hydrogens (primary N) is 1. The first-order chi connectivity index (χ1) is 11.6. The molecule has 0 saturated carbocycles. The van der Waals surface area contributed by atoms with E-state index in [0.29, 0.717) is 28.0 Å². The Morgan fingerprint density at radius 3 is 2.75 bits per heavy atom. The van der Waals surface area contributed by atoms with E-state index in [4.69, 9.17) is 22.1 Å². The second-order valence-electron chi connectivity index (χ2n) is 5.68. The number of nitrogen functional groups attached to an aromatic ring is 1. The highest BCUT2D eigenvalue weighted by Gasteiger charge is 2.21. The Kier molecular flexibility index (Phi) is 5.17. The molecule has 126 valence electrons. The van der Waals surface area contributed by atoms with Gasteiger partial charge in [0, 0.05) is 24.2 Å². The van der Waals surface area contributed by atoms with Gasteiger partial charge in [-0.25, -0.2) is 4.98 Å². The number of pyridine rings is 1. The topological polar surface area (TPSA) is 89.3 Å². The number of piperidine rings is 1. The number of nitrogens with one attached hydrogen (secondary N) is 2. The van der Waals surface area contributed by atoms with E-state index in [-0.39, 0.29) is 11.8 Å². The van der Waals surface area contributed by atoms with Crippen molar-refractivity contribution in [3.8, 4) is 11.5 Å². The molecule has 0 bridgehead atoms. The van der Waals surface area contributed by atoms with E-state index in [1.807, 2.05) is 0 Å². The number of nitrogens with zero attached hydrogens (tertiary/aromatic N) is 1. The van der Waals surface area contributed by atoms with Crippen LogP contribution in [0.3, 0.4) is 0 Å². The summed E-state index contributed by atoms with van der Waals surface area (Å²) in [6, 6.07) is 8.45. The van der Waals surface area contributed by atoms with E-state index >= 15 is 0 Å². The molecule has 1 aliphatic heterocycles. The summed E-state index contributed by atoms with van der Waals surface area (Å²) in [5.41, 5.74) is 6.18. The Balaban J connectivity index is 1.67. The summed E-state index contributed by atoms with van der Waals surface area (Å²) in [6.07, 6.45) is 3.27. The predicted molar refractivity (Wildman–Crippen MR) is 94.4 cm³/mol. The van der Waals surface area contributed by atoms with Crippen LogP contribution in [-0.2, 0) is 4.79 Å². The maximum absolute atomic E-state index is 12.3. The third kappa shape index (κ3) is 4.15. The molecule has 6 nitrogen and oxygen atoms in total. The Morgan fingerprint density at radius 1 is 1.25 bits per heavy atom. The summed E-state index contributed by atoms with van der Waals surface area (Å²) in [4.78, 5) is 16.4. The van der Waals surface area contributed by atoms with Crippen molar-refractivity contribution >= 4 is 29.0 Å². The number of ether oxygens (including phenoxy) is 1. The minimum absolute atomic E-state index is 0.00307. The molecule has 1 fully saturated rings. The van der Waals surface area contributed by atoms with Crippen LogP contribution >= 0.6 is 11.6 Å². The van der Waals surface area contributed by atoms with Crippen molar-refractivity contribution in [1.82, 2.24) is 10.3 Å². The third-order valence-corrected chi connectivity index (χ3v) is 4.23. The van der Waals surface area contributed by atoms with E-state index in [2.05, 4.69) is 15.6 Å². The molecule has 3 rings (SSSR count).